The van der Waals surface area contributed by atoms with Gasteiger partial charge in [0.05, 0.1) is 5.92 Å². The van der Waals surface area contributed by atoms with E-state index in [-0.39, 0.29) is 11.3 Å². The highest BCUT2D eigenvalue weighted by molar-refractivity contribution is 5.72. The van der Waals surface area contributed by atoms with Crippen LogP contribution in [0.1, 0.15) is 44.6 Å². The number of benzene rings is 1. The zero-order valence-electron chi connectivity index (χ0n) is 10.3. The van der Waals surface area contributed by atoms with Crippen molar-refractivity contribution in [1.29, 1.82) is 0 Å². The summed E-state index contributed by atoms with van der Waals surface area (Å²) in [5.41, 5.74) is 0.875. The first-order valence-electron chi connectivity index (χ1n) is 6.37. The van der Waals surface area contributed by atoms with Crippen LogP contribution < -0.4 is 0 Å². The third kappa shape index (κ3) is 2.21. The van der Waals surface area contributed by atoms with Gasteiger partial charge in [-0.25, -0.2) is 0 Å². The van der Waals surface area contributed by atoms with Crippen molar-refractivity contribution in [2.75, 3.05) is 0 Å². The highest BCUT2D eigenvalue weighted by Crippen LogP contribution is 2.44. The first-order valence-corrected chi connectivity index (χ1v) is 6.37. The molecule has 1 aromatic carbocycles. The zero-order valence-corrected chi connectivity index (χ0v) is 10.3. The lowest BCUT2D eigenvalue weighted by Gasteiger charge is -2.40. The second-order valence-electron chi connectivity index (χ2n) is 5.05. The molecule has 0 spiro atoms. The monoisotopic (exact) mass is 231 g/mol. The number of aliphatic carboxylic acids is 1. The van der Waals surface area contributed by atoms with Gasteiger partial charge in [0.25, 0.3) is 0 Å². The van der Waals surface area contributed by atoms with Crippen LogP contribution in [0.25, 0.3) is 0 Å². The maximum absolute atomic E-state index is 11.4. The van der Waals surface area contributed by atoms with Crippen molar-refractivity contribution in [1.82, 2.24) is 0 Å². The Morgan fingerprint density at radius 1 is 1.35 bits per heavy atom. The van der Waals surface area contributed by atoms with Crippen LogP contribution in [-0.2, 0) is 10.2 Å². The summed E-state index contributed by atoms with van der Waals surface area (Å²) in [6.07, 6.45) is 5.42. The molecular weight excluding hydrogens is 212 g/mol. The van der Waals surface area contributed by atoms with E-state index in [1.807, 2.05) is 31.2 Å². The molecule has 91 valence electrons. The molecule has 0 bridgehead atoms. The minimum atomic E-state index is -0.691. The summed E-state index contributed by atoms with van der Waals surface area (Å²) in [6.45, 7) is 1.84. The van der Waals surface area contributed by atoms with Crippen molar-refractivity contribution in [2.45, 2.75) is 44.4 Å². The Bertz CT molecular complexity index is 377. The molecule has 1 saturated carbocycles. The van der Waals surface area contributed by atoms with E-state index >= 15 is 0 Å². The van der Waals surface area contributed by atoms with E-state index in [0.717, 1.165) is 31.2 Å². The third-order valence-electron chi connectivity index (χ3n) is 4.19. The van der Waals surface area contributed by atoms with E-state index < -0.39 is 5.97 Å². The summed E-state index contributed by atoms with van der Waals surface area (Å²) in [5, 5.41) is 9.35. The summed E-state index contributed by atoms with van der Waals surface area (Å²) in [5.74, 6) is -1.02. The predicted molar refractivity (Wildman–Crippen MR) is 66.8 cm³/mol. The smallest absolute Gasteiger partial charge is 0.307 e. The fourth-order valence-electron chi connectivity index (χ4n) is 3.06. The normalized spacial score (nSPS) is 20.8. The highest BCUT2D eigenvalue weighted by atomic mass is 16.4. The molecule has 1 aromatic rings. The van der Waals surface area contributed by atoms with Gasteiger partial charge < -0.3 is 5.11 Å². The summed E-state index contributed by atoms with van der Waals surface area (Å²) in [7, 11) is 0. The van der Waals surface area contributed by atoms with E-state index in [9.17, 15) is 9.90 Å². The van der Waals surface area contributed by atoms with Gasteiger partial charge in [-0.3, -0.25) is 4.79 Å². The van der Waals surface area contributed by atoms with Crippen molar-refractivity contribution in [3.05, 3.63) is 35.9 Å². The van der Waals surface area contributed by atoms with Crippen LogP contribution >= 0.6 is 0 Å². The largest absolute Gasteiger partial charge is 0.481 e. The molecule has 1 unspecified atom stereocenters. The minimum Gasteiger partial charge on any atom is -0.481 e. The first-order chi connectivity index (χ1) is 8.17. The molecule has 17 heavy (non-hydrogen) atoms. The Hall–Kier alpha value is -1.31. The Balaban J connectivity index is 2.39. The number of hydrogen-bond acceptors (Lipinski definition) is 1. The topological polar surface area (TPSA) is 37.3 Å². The number of rotatable bonds is 3. The van der Waals surface area contributed by atoms with E-state index in [2.05, 4.69) is 6.07 Å². The number of carbonyl (C=O) groups is 1. The van der Waals surface area contributed by atoms with E-state index in [1.54, 1.807) is 0 Å². The lowest BCUT2D eigenvalue weighted by Crippen LogP contribution is -2.40. The van der Waals surface area contributed by atoms with E-state index in [4.69, 9.17) is 0 Å². The molecule has 1 atom stereocenters. The molecule has 1 aliphatic rings. The molecule has 2 rings (SSSR count). The van der Waals surface area contributed by atoms with Crippen molar-refractivity contribution >= 4 is 5.97 Å². The van der Waals surface area contributed by atoms with Gasteiger partial charge in [-0.1, -0.05) is 50.5 Å². The van der Waals surface area contributed by atoms with Crippen molar-refractivity contribution in [2.24, 2.45) is 5.92 Å². The number of carboxylic acids is 1. The maximum atomic E-state index is 11.4. The lowest BCUT2D eigenvalue weighted by molar-refractivity contribution is -0.144. The third-order valence-corrected chi connectivity index (χ3v) is 4.19. The van der Waals surface area contributed by atoms with Crippen LogP contribution in [0.5, 0.6) is 0 Å². The molecule has 0 aliphatic heterocycles. The van der Waals surface area contributed by atoms with Crippen LogP contribution in [0.15, 0.2) is 24.3 Å². The second-order valence-corrected chi connectivity index (χ2v) is 5.05. The van der Waals surface area contributed by atoms with Gasteiger partial charge in [-0.05, 0) is 24.5 Å². The molecule has 1 N–H and O–H groups in total. The van der Waals surface area contributed by atoms with Crippen LogP contribution in [0, 0.1) is 12.0 Å². The maximum Gasteiger partial charge on any atom is 0.307 e. The van der Waals surface area contributed by atoms with Crippen LogP contribution in [0.2, 0.25) is 0 Å². The first kappa shape index (κ1) is 12.2. The Morgan fingerprint density at radius 2 is 2.06 bits per heavy atom. The fourth-order valence-corrected chi connectivity index (χ4v) is 3.06. The molecule has 0 heterocycles. The fraction of sp³-hybridized carbons (Fsp3) is 0.533. The van der Waals surface area contributed by atoms with Crippen LogP contribution in [0.3, 0.4) is 0 Å². The number of carboxylic acid groups (broad SMARTS) is 1. The average Bonchev–Trinajstić information content (AvgIpc) is 2.39. The molecule has 2 heteroatoms. The Morgan fingerprint density at radius 3 is 2.59 bits per heavy atom. The molecule has 0 amide bonds. The molecule has 0 saturated heterocycles. The SMILES string of the molecule is CC(C(=O)O)C1(c2[c]cccc2)CCCCC1. The Kier molecular flexibility index (Phi) is 3.51. The standard InChI is InChI=1S/C15H19O2/c1-12(14(16)17)15(10-6-3-7-11-15)13-8-4-2-5-9-13/h2,4-5,8,12H,3,6-7,10-11H2,1H3,(H,16,17). The quantitative estimate of drug-likeness (QED) is 0.865. The van der Waals surface area contributed by atoms with Gasteiger partial charge in [-0.2, -0.15) is 0 Å². The number of hydrogen-bond donors (Lipinski definition) is 1. The molecule has 1 radical (unpaired) electrons. The van der Waals surface area contributed by atoms with E-state index in [0.29, 0.717) is 0 Å². The molecule has 1 fully saturated rings. The Labute approximate surface area is 103 Å². The van der Waals surface area contributed by atoms with Gasteiger partial charge in [0, 0.05) is 5.41 Å². The molecule has 0 aromatic heterocycles. The summed E-state index contributed by atoms with van der Waals surface area (Å²) in [6, 6.07) is 11.1. The molecule has 2 nitrogen and oxygen atoms in total. The highest BCUT2D eigenvalue weighted by Gasteiger charge is 2.42. The zero-order chi connectivity index (χ0) is 12.3. The van der Waals surface area contributed by atoms with Gasteiger partial charge in [0.2, 0.25) is 0 Å². The molecular formula is C15H19O2. The van der Waals surface area contributed by atoms with Crippen molar-refractivity contribution < 1.29 is 9.90 Å². The van der Waals surface area contributed by atoms with Gasteiger partial charge in [0.15, 0.2) is 0 Å². The van der Waals surface area contributed by atoms with E-state index in [1.165, 1.54) is 6.42 Å². The second kappa shape index (κ2) is 4.91. The van der Waals surface area contributed by atoms with Crippen LogP contribution in [-0.4, -0.2) is 11.1 Å². The lowest BCUT2D eigenvalue weighted by atomic mass is 9.62. The summed E-state index contributed by atoms with van der Waals surface area (Å²) in [4.78, 5) is 11.4. The predicted octanol–water partition coefficient (Wildman–Crippen LogP) is 3.41. The van der Waals surface area contributed by atoms with Gasteiger partial charge >= 0.3 is 5.97 Å². The van der Waals surface area contributed by atoms with Crippen molar-refractivity contribution in [3.63, 3.8) is 0 Å². The summed E-state index contributed by atoms with van der Waals surface area (Å²) < 4.78 is 0. The van der Waals surface area contributed by atoms with Gasteiger partial charge in [0.1, 0.15) is 0 Å². The van der Waals surface area contributed by atoms with Gasteiger partial charge in [-0.15, -0.1) is 0 Å². The summed E-state index contributed by atoms with van der Waals surface area (Å²) >= 11 is 0. The molecule has 1 aliphatic carbocycles. The van der Waals surface area contributed by atoms with Crippen molar-refractivity contribution in [3.8, 4) is 0 Å². The average molecular weight is 231 g/mol. The van der Waals surface area contributed by atoms with Crippen LogP contribution in [0.4, 0.5) is 0 Å². The minimum absolute atomic E-state index is 0.203.